The van der Waals surface area contributed by atoms with E-state index in [1.54, 1.807) is 12.1 Å². The Kier molecular flexibility index (Phi) is 3.91. The number of benzene rings is 1. The fourth-order valence-corrected chi connectivity index (χ4v) is 2.00. The molecule has 5 heteroatoms. The van der Waals surface area contributed by atoms with E-state index in [4.69, 9.17) is 17.5 Å². The van der Waals surface area contributed by atoms with Crippen molar-refractivity contribution in [2.45, 2.75) is 0 Å². The fourth-order valence-electron chi connectivity index (χ4n) is 1.70. The molecule has 1 aromatic rings. The number of rotatable bonds is 1. The first-order valence-electron chi connectivity index (χ1n) is 5.56. The first kappa shape index (κ1) is 11.8. The summed E-state index contributed by atoms with van der Waals surface area (Å²) in [6.07, 6.45) is 0. The first-order chi connectivity index (χ1) is 8.29. The smallest absolute Gasteiger partial charge is 0.173 e. The molecular weight excluding hydrogens is 232 g/mol. The highest BCUT2D eigenvalue weighted by atomic mass is 32.1. The summed E-state index contributed by atoms with van der Waals surface area (Å²) in [4.78, 5) is 2.14. The van der Waals surface area contributed by atoms with Crippen LogP contribution in [0.5, 0.6) is 0 Å². The highest BCUT2D eigenvalue weighted by Crippen LogP contribution is 2.10. The molecule has 0 atom stereocenters. The van der Waals surface area contributed by atoms with Crippen molar-refractivity contribution in [1.82, 2.24) is 10.2 Å². The minimum Gasteiger partial charge on any atom is -0.346 e. The van der Waals surface area contributed by atoms with Gasteiger partial charge in [-0.05, 0) is 36.5 Å². The van der Waals surface area contributed by atoms with E-state index < -0.39 is 0 Å². The van der Waals surface area contributed by atoms with E-state index in [1.165, 1.54) is 0 Å². The van der Waals surface area contributed by atoms with Crippen LogP contribution < -0.4 is 10.6 Å². The molecular formula is C12H14N4S. The lowest BCUT2D eigenvalue weighted by molar-refractivity contribution is 0.362. The van der Waals surface area contributed by atoms with Gasteiger partial charge in [0.1, 0.15) is 0 Å². The summed E-state index contributed by atoms with van der Waals surface area (Å²) in [5, 5.41) is 15.9. The molecule has 0 bridgehead atoms. The lowest BCUT2D eigenvalue weighted by Gasteiger charge is -2.29. The lowest BCUT2D eigenvalue weighted by Crippen LogP contribution is -2.47. The summed E-state index contributed by atoms with van der Waals surface area (Å²) in [6, 6.07) is 9.39. The summed E-state index contributed by atoms with van der Waals surface area (Å²) in [6.45, 7) is 3.80. The quantitative estimate of drug-likeness (QED) is 0.728. The van der Waals surface area contributed by atoms with Crippen LogP contribution in [0.4, 0.5) is 5.69 Å². The number of nitrogens with zero attached hydrogens (tertiary/aromatic N) is 2. The molecule has 0 radical (unpaired) electrons. The Morgan fingerprint density at radius 1 is 1.29 bits per heavy atom. The molecule has 1 aliphatic rings. The van der Waals surface area contributed by atoms with Crippen molar-refractivity contribution in [2.75, 3.05) is 31.5 Å². The number of nitrogens with one attached hydrogen (secondary N) is 2. The van der Waals surface area contributed by atoms with Gasteiger partial charge in [0.25, 0.3) is 0 Å². The molecule has 1 saturated heterocycles. The maximum atomic E-state index is 8.70. The van der Waals surface area contributed by atoms with Gasteiger partial charge in [0, 0.05) is 31.9 Å². The second-order valence-corrected chi connectivity index (χ2v) is 4.24. The molecule has 0 saturated carbocycles. The third kappa shape index (κ3) is 3.16. The summed E-state index contributed by atoms with van der Waals surface area (Å²) < 4.78 is 0. The third-order valence-electron chi connectivity index (χ3n) is 2.67. The SMILES string of the molecule is N#Cc1ccc(NC(=S)N2CCNCC2)cc1. The van der Waals surface area contributed by atoms with Gasteiger partial charge in [-0.2, -0.15) is 5.26 Å². The Hall–Kier alpha value is -1.64. The number of hydrogen-bond donors (Lipinski definition) is 2. The van der Waals surface area contributed by atoms with Crippen molar-refractivity contribution >= 4 is 23.0 Å². The van der Waals surface area contributed by atoms with E-state index in [-0.39, 0.29) is 0 Å². The van der Waals surface area contributed by atoms with E-state index >= 15 is 0 Å². The van der Waals surface area contributed by atoms with E-state index in [2.05, 4.69) is 21.6 Å². The molecule has 0 spiro atoms. The van der Waals surface area contributed by atoms with Gasteiger partial charge in [-0.1, -0.05) is 0 Å². The Bertz CT molecular complexity index is 429. The molecule has 1 heterocycles. The minimum atomic E-state index is 0.656. The molecule has 0 aliphatic carbocycles. The van der Waals surface area contributed by atoms with Gasteiger partial charge in [0.05, 0.1) is 11.6 Å². The van der Waals surface area contributed by atoms with Crippen molar-refractivity contribution in [3.63, 3.8) is 0 Å². The van der Waals surface area contributed by atoms with Crippen LogP contribution in [0.1, 0.15) is 5.56 Å². The monoisotopic (exact) mass is 246 g/mol. The predicted molar refractivity (Wildman–Crippen MR) is 71.8 cm³/mol. The van der Waals surface area contributed by atoms with Gasteiger partial charge in [0.15, 0.2) is 5.11 Å². The second kappa shape index (κ2) is 5.62. The summed E-state index contributed by atoms with van der Waals surface area (Å²) in [5.74, 6) is 0. The van der Waals surface area contributed by atoms with Crippen LogP contribution in [-0.2, 0) is 0 Å². The number of piperazine rings is 1. The fraction of sp³-hybridized carbons (Fsp3) is 0.333. The van der Waals surface area contributed by atoms with E-state index in [9.17, 15) is 0 Å². The van der Waals surface area contributed by atoms with Crippen LogP contribution in [0.3, 0.4) is 0 Å². The Balaban J connectivity index is 1.95. The van der Waals surface area contributed by atoms with Crippen LogP contribution >= 0.6 is 12.2 Å². The maximum Gasteiger partial charge on any atom is 0.173 e. The number of thiocarbonyl (C=S) groups is 1. The molecule has 1 aliphatic heterocycles. The maximum absolute atomic E-state index is 8.70. The number of anilines is 1. The number of hydrogen-bond acceptors (Lipinski definition) is 3. The van der Waals surface area contributed by atoms with Crippen molar-refractivity contribution in [3.8, 4) is 6.07 Å². The molecule has 0 aromatic heterocycles. The van der Waals surface area contributed by atoms with Crippen molar-refractivity contribution in [3.05, 3.63) is 29.8 Å². The summed E-state index contributed by atoms with van der Waals surface area (Å²) >= 11 is 5.34. The lowest BCUT2D eigenvalue weighted by atomic mass is 10.2. The largest absolute Gasteiger partial charge is 0.346 e. The highest BCUT2D eigenvalue weighted by molar-refractivity contribution is 7.80. The molecule has 2 rings (SSSR count). The van der Waals surface area contributed by atoms with Crippen LogP contribution in [-0.4, -0.2) is 36.2 Å². The van der Waals surface area contributed by atoms with Gasteiger partial charge >= 0.3 is 0 Å². The van der Waals surface area contributed by atoms with Gasteiger partial charge in [-0.25, -0.2) is 0 Å². The van der Waals surface area contributed by atoms with Crippen LogP contribution in [0, 0.1) is 11.3 Å². The standard InChI is InChI=1S/C12H14N4S/c13-9-10-1-3-11(4-2-10)15-12(17)16-7-5-14-6-8-16/h1-4,14H,5-8H2,(H,15,17). The number of nitriles is 1. The second-order valence-electron chi connectivity index (χ2n) is 3.86. The zero-order chi connectivity index (χ0) is 12.1. The first-order valence-corrected chi connectivity index (χ1v) is 5.97. The molecule has 0 amide bonds. The van der Waals surface area contributed by atoms with Gasteiger partial charge in [-0.15, -0.1) is 0 Å². The van der Waals surface area contributed by atoms with E-state index in [1.807, 2.05) is 12.1 Å². The van der Waals surface area contributed by atoms with E-state index in [0.717, 1.165) is 37.0 Å². The highest BCUT2D eigenvalue weighted by Gasteiger charge is 2.12. The van der Waals surface area contributed by atoms with Crippen molar-refractivity contribution in [2.24, 2.45) is 0 Å². The Morgan fingerprint density at radius 2 is 1.94 bits per heavy atom. The van der Waals surface area contributed by atoms with Gasteiger partial charge in [-0.3, -0.25) is 0 Å². The molecule has 4 nitrogen and oxygen atoms in total. The molecule has 1 fully saturated rings. The summed E-state index contributed by atoms with van der Waals surface area (Å²) in [5.41, 5.74) is 1.58. The Morgan fingerprint density at radius 3 is 2.53 bits per heavy atom. The average molecular weight is 246 g/mol. The molecule has 88 valence electrons. The van der Waals surface area contributed by atoms with Crippen molar-refractivity contribution < 1.29 is 0 Å². The summed E-state index contributed by atoms with van der Waals surface area (Å²) in [7, 11) is 0. The normalized spacial score (nSPS) is 15.1. The average Bonchev–Trinajstić information content (AvgIpc) is 2.40. The van der Waals surface area contributed by atoms with Crippen LogP contribution in [0.2, 0.25) is 0 Å². The molecule has 0 unspecified atom stereocenters. The zero-order valence-electron chi connectivity index (χ0n) is 9.44. The molecule has 1 aromatic carbocycles. The van der Waals surface area contributed by atoms with Gasteiger partial charge in [0.2, 0.25) is 0 Å². The predicted octanol–water partition coefficient (Wildman–Crippen LogP) is 1.16. The van der Waals surface area contributed by atoms with Gasteiger partial charge < -0.3 is 15.5 Å². The van der Waals surface area contributed by atoms with Crippen LogP contribution in [0.25, 0.3) is 0 Å². The van der Waals surface area contributed by atoms with E-state index in [0.29, 0.717) is 5.56 Å². The topological polar surface area (TPSA) is 51.1 Å². The molecule has 2 N–H and O–H groups in total. The molecule has 17 heavy (non-hydrogen) atoms. The Labute approximate surface area is 106 Å². The third-order valence-corrected chi connectivity index (χ3v) is 3.03. The zero-order valence-corrected chi connectivity index (χ0v) is 10.3. The van der Waals surface area contributed by atoms with Crippen molar-refractivity contribution in [1.29, 1.82) is 5.26 Å². The minimum absolute atomic E-state index is 0.656. The van der Waals surface area contributed by atoms with Crippen LogP contribution in [0.15, 0.2) is 24.3 Å².